The third kappa shape index (κ3) is 7.99. The van der Waals surface area contributed by atoms with E-state index in [-0.39, 0.29) is 12.0 Å². The Balaban J connectivity index is 3.79. The molecule has 0 saturated heterocycles. The van der Waals surface area contributed by atoms with Crippen molar-refractivity contribution in [2.24, 2.45) is 5.92 Å². The standard InChI is InChI=1S/C12H25NO2S/c1-10(2)9-11(12(14)15-3)13-7-5-6-8-16-4/h10-11,13H,5-9H2,1-4H3. The highest BCUT2D eigenvalue weighted by Gasteiger charge is 2.19. The second-order valence-electron chi connectivity index (χ2n) is 4.36. The van der Waals surface area contributed by atoms with E-state index in [0.717, 1.165) is 19.4 Å². The zero-order chi connectivity index (χ0) is 12.4. The molecular weight excluding hydrogens is 222 g/mol. The van der Waals surface area contributed by atoms with Crippen molar-refractivity contribution in [3.63, 3.8) is 0 Å². The smallest absolute Gasteiger partial charge is 0.322 e. The zero-order valence-electron chi connectivity index (χ0n) is 10.9. The maximum absolute atomic E-state index is 11.5. The quantitative estimate of drug-likeness (QED) is 0.501. The minimum Gasteiger partial charge on any atom is -0.468 e. The summed E-state index contributed by atoms with van der Waals surface area (Å²) in [6, 6.07) is -0.140. The van der Waals surface area contributed by atoms with Crippen molar-refractivity contribution < 1.29 is 9.53 Å². The van der Waals surface area contributed by atoms with E-state index in [0.29, 0.717) is 5.92 Å². The van der Waals surface area contributed by atoms with Gasteiger partial charge in [0.25, 0.3) is 0 Å². The molecule has 0 radical (unpaired) electrons. The molecule has 0 aliphatic rings. The summed E-state index contributed by atoms with van der Waals surface area (Å²) < 4.78 is 4.79. The summed E-state index contributed by atoms with van der Waals surface area (Å²) in [5, 5.41) is 3.28. The van der Waals surface area contributed by atoms with Gasteiger partial charge in [0.1, 0.15) is 6.04 Å². The predicted octanol–water partition coefficient (Wildman–Crippen LogP) is 2.31. The average Bonchev–Trinajstić information content (AvgIpc) is 2.25. The molecule has 0 aromatic rings. The Hall–Kier alpha value is -0.220. The largest absolute Gasteiger partial charge is 0.468 e. The van der Waals surface area contributed by atoms with Gasteiger partial charge in [0.2, 0.25) is 0 Å². The van der Waals surface area contributed by atoms with Crippen molar-refractivity contribution in [1.82, 2.24) is 5.32 Å². The van der Waals surface area contributed by atoms with Crippen molar-refractivity contribution in [2.45, 2.75) is 39.2 Å². The highest BCUT2D eigenvalue weighted by Crippen LogP contribution is 2.06. The molecule has 0 saturated carbocycles. The molecule has 1 N–H and O–H groups in total. The summed E-state index contributed by atoms with van der Waals surface area (Å²) >= 11 is 1.86. The Morgan fingerprint density at radius 3 is 2.56 bits per heavy atom. The van der Waals surface area contributed by atoms with Crippen molar-refractivity contribution in [3.05, 3.63) is 0 Å². The molecular formula is C12H25NO2S. The van der Waals surface area contributed by atoms with Crippen LogP contribution in [0.2, 0.25) is 0 Å². The fraction of sp³-hybridized carbons (Fsp3) is 0.917. The van der Waals surface area contributed by atoms with Gasteiger partial charge in [-0.15, -0.1) is 0 Å². The normalized spacial score (nSPS) is 12.8. The molecule has 0 aromatic carbocycles. The molecule has 0 aromatic heterocycles. The molecule has 16 heavy (non-hydrogen) atoms. The first-order valence-electron chi connectivity index (χ1n) is 5.92. The monoisotopic (exact) mass is 247 g/mol. The summed E-state index contributed by atoms with van der Waals surface area (Å²) in [4.78, 5) is 11.5. The maximum atomic E-state index is 11.5. The molecule has 0 bridgehead atoms. The second-order valence-corrected chi connectivity index (χ2v) is 5.34. The minimum absolute atomic E-state index is 0.140. The Morgan fingerprint density at radius 2 is 2.06 bits per heavy atom. The van der Waals surface area contributed by atoms with E-state index in [9.17, 15) is 4.79 Å². The molecule has 1 unspecified atom stereocenters. The number of carbonyl (C=O) groups is 1. The summed E-state index contributed by atoms with van der Waals surface area (Å²) in [5.74, 6) is 1.55. The molecule has 0 aliphatic heterocycles. The van der Waals surface area contributed by atoms with Crippen molar-refractivity contribution in [1.29, 1.82) is 0 Å². The van der Waals surface area contributed by atoms with Crippen LogP contribution in [0, 0.1) is 5.92 Å². The summed E-state index contributed by atoms with van der Waals surface area (Å²) in [5.41, 5.74) is 0. The van der Waals surface area contributed by atoms with Crippen LogP contribution < -0.4 is 5.32 Å². The van der Waals surface area contributed by atoms with Crippen molar-refractivity contribution in [3.8, 4) is 0 Å². The van der Waals surface area contributed by atoms with Gasteiger partial charge in [-0.1, -0.05) is 13.8 Å². The molecule has 0 fully saturated rings. The van der Waals surface area contributed by atoms with Crippen LogP contribution in [0.25, 0.3) is 0 Å². The van der Waals surface area contributed by atoms with E-state index < -0.39 is 0 Å². The molecule has 0 rings (SSSR count). The molecule has 0 spiro atoms. The van der Waals surface area contributed by atoms with E-state index in [2.05, 4.69) is 25.4 Å². The number of methoxy groups -OCH3 is 1. The summed E-state index contributed by atoms with van der Waals surface area (Å²) in [7, 11) is 1.45. The highest BCUT2D eigenvalue weighted by atomic mass is 32.2. The van der Waals surface area contributed by atoms with Crippen molar-refractivity contribution in [2.75, 3.05) is 25.7 Å². The Bertz CT molecular complexity index is 186. The van der Waals surface area contributed by atoms with Gasteiger partial charge in [0.15, 0.2) is 0 Å². The number of esters is 1. The van der Waals surface area contributed by atoms with Crippen LogP contribution in [0.1, 0.15) is 33.1 Å². The van der Waals surface area contributed by atoms with Gasteiger partial charge in [-0.25, -0.2) is 0 Å². The molecule has 4 heteroatoms. The lowest BCUT2D eigenvalue weighted by Gasteiger charge is -2.18. The second kappa shape index (κ2) is 9.97. The number of hydrogen-bond acceptors (Lipinski definition) is 4. The first-order valence-corrected chi connectivity index (χ1v) is 7.31. The third-order valence-electron chi connectivity index (χ3n) is 2.36. The summed E-state index contributed by atoms with van der Waals surface area (Å²) in [6.45, 7) is 5.13. The third-order valence-corrected chi connectivity index (χ3v) is 3.06. The minimum atomic E-state index is -0.140. The van der Waals surface area contributed by atoms with Gasteiger partial charge in [-0.05, 0) is 43.7 Å². The van der Waals surface area contributed by atoms with Crippen LogP contribution in [0.15, 0.2) is 0 Å². The predicted molar refractivity (Wildman–Crippen MR) is 70.9 cm³/mol. The lowest BCUT2D eigenvalue weighted by Crippen LogP contribution is -2.39. The van der Waals surface area contributed by atoms with E-state index in [4.69, 9.17) is 4.74 Å². The first kappa shape index (κ1) is 15.8. The van der Waals surface area contributed by atoms with Gasteiger partial charge in [-0.3, -0.25) is 4.79 Å². The molecule has 0 amide bonds. The highest BCUT2D eigenvalue weighted by molar-refractivity contribution is 7.98. The van der Waals surface area contributed by atoms with E-state index in [1.165, 1.54) is 19.3 Å². The Morgan fingerprint density at radius 1 is 1.38 bits per heavy atom. The SMILES string of the molecule is COC(=O)C(CC(C)C)NCCCCSC. The molecule has 0 aliphatic carbocycles. The number of hydrogen-bond donors (Lipinski definition) is 1. The summed E-state index contributed by atoms with van der Waals surface area (Å²) in [6.07, 6.45) is 5.27. The number of unbranched alkanes of at least 4 members (excludes halogenated alkanes) is 1. The lowest BCUT2D eigenvalue weighted by atomic mass is 10.0. The number of carbonyl (C=O) groups excluding carboxylic acids is 1. The zero-order valence-corrected chi connectivity index (χ0v) is 11.7. The van der Waals surface area contributed by atoms with Gasteiger partial charge in [0.05, 0.1) is 7.11 Å². The lowest BCUT2D eigenvalue weighted by molar-refractivity contribution is -0.143. The number of nitrogens with one attached hydrogen (secondary N) is 1. The molecule has 3 nitrogen and oxygen atoms in total. The number of thioether (sulfide) groups is 1. The Kier molecular flexibility index (Phi) is 9.83. The van der Waals surface area contributed by atoms with E-state index >= 15 is 0 Å². The van der Waals surface area contributed by atoms with Crippen LogP contribution in [-0.4, -0.2) is 37.7 Å². The molecule has 0 heterocycles. The van der Waals surface area contributed by atoms with E-state index in [1.807, 2.05) is 11.8 Å². The Labute approximate surface area is 104 Å². The van der Waals surface area contributed by atoms with Gasteiger partial charge >= 0.3 is 5.97 Å². The fourth-order valence-corrected chi connectivity index (χ4v) is 2.02. The van der Waals surface area contributed by atoms with Gasteiger partial charge in [-0.2, -0.15) is 11.8 Å². The van der Waals surface area contributed by atoms with Crippen LogP contribution in [-0.2, 0) is 9.53 Å². The average molecular weight is 247 g/mol. The van der Waals surface area contributed by atoms with Crippen LogP contribution in [0.5, 0.6) is 0 Å². The number of rotatable bonds is 9. The fourth-order valence-electron chi connectivity index (χ4n) is 1.52. The topological polar surface area (TPSA) is 38.3 Å². The van der Waals surface area contributed by atoms with Gasteiger partial charge in [0, 0.05) is 0 Å². The molecule has 96 valence electrons. The first-order chi connectivity index (χ1) is 7.61. The number of ether oxygens (including phenoxy) is 1. The molecule has 1 atom stereocenters. The maximum Gasteiger partial charge on any atom is 0.322 e. The van der Waals surface area contributed by atoms with Crippen molar-refractivity contribution >= 4 is 17.7 Å². The van der Waals surface area contributed by atoms with Crippen LogP contribution in [0.4, 0.5) is 0 Å². The van der Waals surface area contributed by atoms with Crippen LogP contribution in [0.3, 0.4) is 0 Å². The van der Waals surface area contributed by atoms with Crippen LogP contribution >= 0.6 is 11.8 Å². The van der Waals surface area contributed by atoms with Gasteiger partial charge < -0.3 is 10.1 Å². The van der Waals surface area contributed by atoms with E-state index in [1.54, 1.807) is 0 Å².